The molecule has 0 radical (unpaired) electrons. The number of benzene rings is 2. The van der Waals surface area contributed by atoms with Crippen LogP contribution in [0.1, 0.15) is 12.8 Å². The number of carbonyl (C=O) groups excluding carboxylic acids is 1. The summed E-state index contributed by atoms with van der Waals surface area (Å²) < 4.78 is 5.64. The zero-order valence-corrected chi connectivity index (χ0v) is 15.9. The molecule has 2 aliphatic rings. The number of hydrogen-bond donors (Lipinski definition) is 0. The van der Waals surface area contributed by atoms with E-state index in [9.17, 15) is 14.9 Å². The molecule has 2 fully saturated rings. The van der Waals surface area contributed by atoms with Crippen LogP contribution in [0, 0.1) is 10.1 Å². The summed E-state index contributed by atoms with van der Waals surface area (Å²) in [5.74, 6) is 0.440. The third-order valence-electron chi connectivity index (χ3n) is 4.77. The van der Waals surface area contributed by atoms with E-state index < -0.39 is 0 Å². The molecule has 28 heavy (non-hydrogen) atoms. The molecule has 0 unspecified atom stereocenters. The first kappa shape index (κ1) is 18.6. The van der Waals surface area contributed by atoms with Crippen molar-refractivity contribution in [1.82, 2.24) is 4.90 Å². The maximum Gasteiger partial charge on any atom is 0.277 e. The summed E-state index contributed by atoms with van der Waals surface area (Å²) in [4.78, 5) is 29.4. The minimum atomic E-state index is -0.382. The van der Waals surface area contributed by atoms with Gasteiger partial charge in [-0.05, 0) is 36.6 Å². The second-order valence-electron chi connectivity index (χ2n) is 6.64. The summed E-state index contributed by atoms with van der Waals surface area (Å²) >= 11 is 1.43. The number of ether oxygens (including phenoxy) is 1. The SMILES string of the molecule is O=C1CSC(=Nc2ccc(-c3ccccc3[N+](=O)[O-])cc2)N1C[C@H]1CCCO1. The minimum Gasteiger partial charge on any atom is -0.376 e. The predicted octanol–water partition coefficient (Wildman–Crippen LogP) is 4.00. The van der Waals surface area contributed by atoms with Crippen LogP contribution in [0.25, 0.3) is 11.1 Å². The van der Waals surface area contributed by atoms with Gasteiger partial charge in [-0.15, -0.1) is 0 Å². The highest BCUT2D eigenvalue weighted by molar-refractivity contribution is 8.15. The van der Waals surface area contributed by atoms with Gasteiger partial charge in [0.25, 0.3) is 5.69 Å². The van der Waals surface area contributed by atoms with Gasteiger partial charge in [-0.3, -0.25) is 19.8 Å². The molecular weight excluding hydrogens is 378 g/mol. The first-order valence-electron chi connectivity index (χ1n) is 9.09. The number of para-hydroxylation sites is 1. The van der Waals surface area contributed by atoms with Crippen LogP contribution in [-0.4, -0.2) is 45.9 Å². The monoisotopic (exact) mass is 397 g/mol. The maximum atomic E-state index is 12.2. The highest BCUT2D eigenvalue weighted by Crippen LogP contribution is 2.31. The minimum absolute atomic E-state index is 0.0516. The van der Waals surface area contributed by atoms with E-state index in [2.05, 4.69) is 4.99 Å². The van der Waals surface area contributed by atoms with Crippen molar-refractivity contribution in [3.05, 3.63) is 58.6 Å². The molecule has 0 bridgehead atoms. The van der Waals surface area contributed by atoms with Crippen LogP contribution in [0.3, 0.4) is 0 Å². The maximum absolute atomic E-state index is 12.2. The van der Waals surface area contributed by atoms with Crippen molar-refractivity contribution in [2.75, 3.05) is 18.9 Å². The normalized spacial score (nSPS) is 20.9. The Balaban J connectivity index is 1.55. The molecule has 144 valence electrons. The van der Waals surface area contributed by atoms with E-state index in [1.807, 2.05) is 24.3 Å². The fraction of sp³-hybridized carbons (Fsp3) is 0.300. The Morgan fingerprint density at radius 3 is 2.71 bits per heavy atom. The van der Waals surface area contributed by atoms with Gasteiger partial charge >= 0.3 is 0 Å². The summed E-state index contributed by atoms with van der Waals surface area (Å²) in [6.45, 7) is 1.29. The van der Waals surface area contributed by atoms with Crippen LogP contribution < -0.4 is 0 Å². The molecule has 8 heteroatoms. The number of nitrogens with zero attached hydrogens (tertiary/aromatic N) is 3. The third kappa shape index (κ3) is 3.93. The van der Waals surface area contributed by atoms with Crippen LogP contribution in [0.4, 0.5) is 11.4 Å². The molecule has 0 aliphatic carbocycles. The van der Waals surface area contributed by atoms with E-state index in [0.717, 1.165) is 25.0 Å². The number of nitro groups is 1. The van der Waals surface area contributed by atoms with Crippen LogP contribution in [0.5, 0.6) is 0 Å². The van der Waals surface area contributed by atoms with Gasteiger partial charge in [0.2, 0.25) is 5.91 Å². The largest absolute Gasteiger partial charge is 0.376 e. The Hall–Kier alpha value is -2.71. The molecule has 0 aromatic heterocycles. The van der Waals surface area contributed by atoms with E-state index in [1.54, 1.807) is 23.1 Å². The lowest BCUT2D eigenvalue weighted by Gasteiger charge is -2.19. The molecule has 1 amide bonds. The van der Waals surface area contributed by atoms with Crippen LogP contribution in [0.2, 0.25) is 0 Å². The number of nitro benzene ring substituents is 1. The zero-order valence-electron chi connectivity index (χ0n) is 15.1. The van der Waals surface area contributed by atoms with Crippen LogP contribution in [0.15, 0.2) is 53.5 Å². The zero-order chi connectivity index (χ0) is 19.5. The van der Waals surface area contributed by atoms with Crippen LogP contribution >= 0.6 is 11.8 Å². The van der Waals surface area contributed by atoms with Crippen molar-refractivity contribution in [3.8, 4) is 11.1 Å². The highest BCUT2D eigenvalue weighted by atomic mass is 32.2. The summed E-state index contributed by atoms with van der Waals surface area (Å²) in [5, 5.41) is 11.9. The average Bonchev–Trinajstić information content (AvgIpc) is 3.34. The first-order chi connectivity index (χ1) is 13.6. The lowest BCUT2D eigenvalue weighted by atomic mass is 10.0. The van der Waals surface area contributed by atoms with E-state index in [1.165, 1.54) is 17.8 Å². The fourth-order valence-electron chi connectivity index (χ4n) is 3.36. The van der Waals surface area contributed by atoms with Gasteiger partial charge in [0.1, 0.15) is 0 Å². The smallest absolute Gasteiger partial charge is 0.277 e. The molecule has 0 saturated carbocycles. The third-order valence-corrected chi connectivity index (χ3v) is 5.73. The van der Waals surface area contributed by atoms with Crippen molar-refractivity contribution in [2.24, 2.45) is 4.99 Å². The number of carbonyl (C=O) groups is 1. The van der Waals surface area contributed by atoms with Crippen molar-refractivity contribution in [3.63, 3.8) is 0 Å². The van der Waals surface area contributed by atoms with Gasteiger partial charge in [0, 0.05) is 12.7 Å². The summed E-state index contributed by atoms with van der Waals surface area (Å²) in [6.07, 6.45) is 2.07. The number of amidine groups is 1. The highest BCUT2D eigenvalue weighted by Gasteiger charge is 2.31. The van der Waals surface area contributed by atoms with Gasteiger partial charge in [-0.2, -0.15) is 0 Å². The van der Waals surface area contributed by atoms with E-state index in [-0.39, 0.29) is 22.6 Å². The molecule has 4 rings (SSSR count). The van der Waals surface area contributed by atoms with Gasteiger partial charge < -0.3 is 4.74 Å². The second kappa shape index (κ2) is 8.12. The Bertz CT molecular complexity index is 923. The van der Waals surface area contributed by atoms with Crippen molar-refractivity contribution in [1.29, 1.82) is 0 Å². The first-order valence-corrected chi connectivity index (χ1v) is 10.1. The Labute approximate surface area is 166 Å². The number of hydrogen-bond acceptors (Lipinski definition) is 6. The average molecular weight is 397 g/mol. The van der Waals surface area contributed by atoms with Gasteiger partial charge in [0.05, 0.1) is 34.6 Å². The quantitative estimate of drug-likeness (QED) is 0.562. The van der Waals surface area contributed by atoms with Crippen molar-refractivity contribution >= 4 is 34.2 Å². The van der Waals surface area contributed by atoms with E-state index in [0.29, 0.717) is 28.7 Å². The van der Waals surface area contributed by atoms with E-state index in [4.69, 9.17) is 4.74 Å². The summed E-state index contributed by atoms with van der Waals surface area (Å²) in [6, 6.07) is 13.9. The molecule has 7 nitrogen and oxygen atoms in total. The lowest BCUT2D eigenvalue weighted by Crippen LogP contribution is -2.36. The Kier molecular flexibility index (Phi) is 5.40. The molecule has 2 aromatic carbocycles. The fourth-order valence-corrected chi connectivity index (χ4v) is 4.27. The molecule has 2 aromatic rings. The summed E-state index contributed by atoms with van der Waals surface area (Å²) in [5.41, 5.74) is 2.10. The van der Waals surface area contributed by atoms with Gasteiger partial charge in [0.15, 0.2) is 5.17 Å². The molecule has 0 N–H and O–H groups in total. The number of thioether (sulfide) groups is 1. The topological polar surface area (TPSA) is 85.0 Å². The molecule has 0 spiro atoms. The predicted molar refractivity (Wildman–Crippen MR) is 109 cm³/mol. The molecule has 1 atom stereocenters. The molecule has 2 heterocycles. The summed E-state index contributed by atoms with van der Waals surface area (Å²) in [7, 11) is 0. The van der Waals surface area contributed by atoms with Crippen LogP contribution in [-0.2, 0) is 9.53 Å². The van der Waals surface area contributed by atoms with Crippen molar-refractivity contribution in [2.45, 2.75) is 18.9 Å². The van der Waals surface area contributed by atoms with Crippen molar-refractivity contribution < 1.29 is 14.5 Å². The molecule has 2 saturated heterocycles. The molecular formula is C20H19N3O4S. The number of amides is 1. The second-order valence-corrected chi connectivity index (χ2v) is 7.59. The Morgan fingerprint density at radius 2 is 2.00 bits per heavy atom. The number of aliphatic imine (C=N–C) groups is 1. The van der Waals surface area contributed by atoms with E-state index >= 15 is 0 Å². The molecule has 2 aliphatic heterocycles. The standard InChI is InChI=1S/C20H19N3O4S/c24-19-13-28-20(22(19)12-16-4-3-11-27-16)21-15-9-7-14(8-10-15)17-5-1-2-6-18(17)23(25)26/h1-2,5-10,16H,3-4,11-13H2/t16-/m1/s1. The Morgan fingerprint density at radius 1 is 1.21 bits per heavy atom. The van der Waals surface area contributed by atoms with Gasteiger partial charge in [-0.25, -0.2) is 4.99 Å². The lowest BCUT2D eigenvalue weighted by molar-refractivity contribution is -0.384. The van der Waals surface area contributed by atoms with Gasteiger partial charge in [-0.1, -0.05) is 36.0 Å². The number of rotatable bonds is 5.